The van der Waals surface area contributed by atoms with Gasteiger partial charge in [-0.2, -0.15) is 0 Å². The number of rotatable bonds is 7. The Bertz CT molecular complexity index is 1400. The third-order valence-electron chi connectivity index (χ3n) is 8.98. The molecule has 2 atom stereocenters. The van der Waals surface area contributed by atoms with E-state index < -0.39 is 5.82 Å². The van der Waals surface area contributed by atoms with Gasteiger partial charge >= 0.3 is 0 Å². The molecule has 0 radical (unpaired) electrons. The molecule has 0 N–H and O–H groups in total. The first-order valence-corrected chi connectivity index (χ1v) is 14.6. The van der Waals surface area contributed by atoms with Crippen molar-refractivity contribution in [3.63, 3.8) is 0 Å². The van der Waals surface area contributed by atoms with Crippen LogP contribution in [0.4, 0.5) is 4.39 Å². The van der Waals surface area contributed by atoms with Crippen LogP contribution in [0.5, 0.6) is 0 Å². The number of nitrogens with zero attached hydrogens (tertiary/aromatic N) is 5. The molecule has 2 saturated heterocycles. The number of carbonyl (C=O) groups is 2. The number of likely N-dealkylation sites (tertiary alicyclic amines) is 2. The van der Waals surface area contributed by atoms with Gasteiger partial charge in [0.25, 0.3) is 5.91 Å². The molecule has 2 aliphatic rings. The molecular formula is C32H42FN5O2. The van der Waals surface area contributed by atoms with Crippen LogP contribution in [0.3, 0.4) is 0 Å². The van der Waals surface area contributed by atoms with Crippen LogP contribution in [-0.2, 0) is 11.2 Å². The van der Waals surface area contributed by atoms with Gasteiger partial charge in [-0.3, -0.25) is 14.6 Å². The van der Waals surface area contributed by atoms with E-state index in [1.54, 1.807) is 18.0 Å². The molecule has 2 aromatic heterocycles. The lowest BCUT2D eigenvalue weighted by molar-refractivity contribution is -0.129. The van der Waals surface area contributed by atoms with Crippen LogP contribution in [0.1, 0.15) is 61.0 Å². The van der Waals surface area contributed by atoms with Crippen molar-refractivity contribution in [1.82, 2.24) is 24.3 Å². The summed E-state index contributed by atoms with van der Waals surface area (Å²) < 4.78 is 16.4. The summed E-state index contributed by atoms with van der Waals surface area (Å²) in [6, 6.07) is 4.46. The van der Waals surface area contributed by atoms with E-state index in [0.29, 0.717) is 29.5 Å². The molecule has 2 amide bonds. The Hall–Kier alpha value is -3.26. The van der Waals surface area contributed by atoms with Crippen LogP contribution in [0.2, 0.25) is 0 Å². The first kappa shape index (κ1) is 28.3. The molecule has 2 fully saturated rings. The van der Waals surface area contributed by atoms with Crippen LogP contribution in [0.25, 0.3) is 16.6 Å². The summed E-state index contributed by atoms with van der Waals surface area (Å²) >= 11 is 0. The lowest BCUT2D eigenvalue weighted by Crippen LogP contribution is -2.33. The quantitative estimate of drug-likeness (QED) is 0.414. The van der Waals surface area contributed by atoms with Gasteiger partial charge in [-0.25, -0.2) is 4.39 Å². The van der Waals surface area contributed by atoms with Gasteiger partial charge in [0, 0.05) is 64.0 Å². The van der Waals surface area contributed by atoms with Crippen molar-refractivity contribution in [2.24, 2.45) is 11.8 Å². The zero-order chi connectivity index (χ0) is 28.6. The minimum atomic E-state index is -0.425. The lowest BCUT2D eigenvalue weighted by atomic mass is 9.97. The van der Waals surface area contributed by atoms with E-state index >= 15 is 0 Å². The fraction of sp³-hybridized carbons (Fsp3) is 0.531. The lowest BCUT2D eigenvalue weighted by Gasteiger charge is -2.23. The number of hydrogen-bond acceptors (Lipinski definition) is 4. The second kappa shape index (κ2) is 11.7. The third kappa shape index (κ3) is 5.78. The molecule has 0 spiro atoms. The SMILES string of the molecule is Cc1cncc2c1c(C[C@@H]1CCN(C[C@H]3CCC(=O)N(C)CC3)C1)cn2-c1ccc(F)cc1C(=O)N(C)C(C)C. The highest BCUT2D eigenvalue weighted by Crippen LogP contribution is 2.33. The fourth-order valence-corrected chi connectivity index (χ4v) is 6.38. The highest BCUT2D eigenvalue weighted by Gasteiger charge is 2.29. The topological polar surface area (TPSA) is 61.7 Å². The van der Waals surface area contributed by atoms with Gasteiger partial charge in [0.1, 0.15) is 5.82 Å². The summed E-state index contributed by atoms with van der Waals surface area (Å²) in [6.45, 7) is 10.0. The van der Waals surface area contributed by atoms with Crippen LogP contribution in [-0.4, -0.2) is 82.4 Å². The average molecular weight is 548 g/mol. The van der Waals surface area contributed by atoms with Crippen molar-refractivity contribution in [2.75, 3.05) is 40.3 Å². The van der Waals surface area contributed by atoms with Gasteiger partial charge in [-0.15, -0.1) is 0 Å². The maximum absolute atomic E-state index is 14.4. The average Bonchev–Trinajstić information content (AvgIpc) is 3.49. The predicted molar refractivity (Wildman–Crippen MR) is 156 cm³/mol. The Balaban J connectivity index is 1.40. The Morgan fingerprint density at radius 3 is 2.70 bits per heavy atom. The summed E-state index contributed by atoms with van der Waals surface area (Å²) in [4.78, 5) is 36.0. The summed E-state index contributed by atoms with van der Waals surface area (Å²) in [5.41, 5.74) is 4.29. The number of amides is 2. The molecule has 214 valence electrons. The molecule has 2 aliphatic heterocycles. The largest absolute Gasteiger partial charge is 0.346 e. The highest BCUT2D eigenvalue weighted by atomic mass is 19.1. The van der Waals surface area contributed by atoms with Gasteiger partial charge in [0.15, 0.2) is 0 Å². The molecule has 3 aromatic rings. The minimum Gasteiger partial charge on any atom is -0.346 e. The molecule has 4 heterocycles. The normalized spacial score (nSPS) is 20.5. The number of halogens is 1. The fourth-order valence-electron chi connectivity index (χ4n) is 6.38. The van der Waals surface area contributed by atoms with E-state index in [4.69, 9.17) is 0 Å². The van der Waals surface area contributed by atoms with Crippen molar-refractivity contribution >= 4 is 22.7 Å². The minimum absolute atomic E-state index is 0.00538. The first-order valence-electron chi connectivity index (χ1n) is 14.6. The van der Waals surface area contributed by atoms with Gasteiger partial charge in [-0.1, -0.05) is 0 Å². The first-order chi connectivity index (χ1) is 19.1. The van der Waals surface area contributed by atoms with Crippen molar-refractivity contribution < 1.29 is 14.0 Å². The van der Waals surface area contributed by atoms with Gasteiger partial charge in [-0.05, 0) is 94.2 Å². The molecule has 0 unspecified atom stereocenters. The molecule has 0 aliphatic carbocycles. The number of carbonyl (C=O) groups excluding carboxylic acids is 2. The Morgan fingerprint density at radius 2 is 1.93 bits per heavy atom. The van der Waals surface area contributed by atoms with Crippen LogP contribution in [0, 0.1) is 24.6 Å². The van der Waals surface area contributed by atoms with E-state index in [0.717, 1.165) is 62.9 Å². The van der Waals surface area contributed by atoms with E-state index in [9.17, 15) is 14.0 Å². The number of aryl methyl sites for hydroxylation is 1. The predicted octanol–water partition coefficient (Wildman–Crippen LogP) is 5.08. The summed E-state index contributed by atoms with van der Waals surface area (Å²) in [6.07, 6.45) is 10.7. The molecule has 0 saturated carbocycles. The Morgan fingerprint density at radius 1 is 1.15 bits per heavy atom. The summed E-state index contributed by atoms with van der Waals surface area (Å²) in [5.74, 6) is 0.742. The van der Waals surface area contributed by atoms with E-state index in [-0.39, 0.29) is 17.9 Å². The number of aromatic nitrogens is 2. The van der Waals surface area contributed by atoms with Gasteiger partial charge in [0.2, 0.25) is 5.91 Å². The second-order valence-electron chi connectivity index (χ2n) is 12.2. The number of fused-ring (bicyclic) bond motifs is 1. The third-order valence-corrected chi connectivity index (χ3v) is 8.98. The monoisotopic (exact) mass is 547 g/mol. The van der Waals surface area contributed by atoms with Crippen molar-refractivity contribution in [3.8, 4) is 5.69 Å². The molecule has 8 heteroatoms. The zero-order valence-electron chi connectivity index (χ0n) is 24.5. The zero-order valence-corrected chi connectivity index (χ0v) is 24.5. The maximum Gasteiger partial charge on any atom is 0.256 e. The highest BCUT2D eigenvalue weighted by molar-refractivity contribution is 5.99. The Labute approximate surface area is 236 Å². The summed E-state index contributed by atoms with van der Waals surface area (Å²) in [5, 5.41) is 1.17. The van der Waals surface area contributed by atoms with E-state index in [2.05, 4.69) is 23.0 Å². The molecule has 7 nitrogen and oxygen atoms in total. The molecule has 0 bridgehead atoms. The van der Waals surface area contributed by atoms with E-state index in [1.807, 2.05) is 42.8 Å². The smallest absolute Gasteiger partial charge is 0.256 e. The van der Waals surface area contributed by atoms with Crippen molar-refractivity contribution in [3.05, 3.63) is 59.3 Å². The molecule has 40 heavy (non-hydrogen) atoms. The van der Waals surface area contributed by atoms with Crippen LogP contribution in [0.15, 0.2) is 36.8 Å². The van der Waals surface area contributed by atoms with Gasteiger partial charge in [0.05, 0.1) is 23.0 Å². The van der Waals surface area contributed by atoms with Crippen molar-refractivity contribution in [2.45, 2.75) is 58.9 Å². The van der Waals surface area contributed by atoms with Crippen molar-refractivity contribution in [1.29, 1.82) is 0 Å². The standard InChI is InChI=1S/C32H42FN5O2/c1-21(2)36(5)32(40)27-15-26(33)7-8-28(27)38-20-25(31-22(3)16-34-17-29(31)38)14-24-11-13-37(19-24)18-23-6-9-30(39)35(4)12-10-23/h7-8,15-17,20-21,23-24H,6,9-14,18-19H2,1-5H3/t23-,24-/m0/s1. The van der Waals surface area contributed by atoms with Crippen LogP contribution < -0.4 is 0 Å². The number of benzene rings is 1. The van der Waals surface area contributed by atoms with Crippen LogP contribution >= 0.6 is 0 Å². The molecular weight excluding hydrogens is 505 g/mol. The maximum atomic E-state index is 14.4. The van der Waals surface area contributed by atoms with Gasteiger partial charge < -0.3 is 19.3 Å². The molecule has 5 rings (SSSR count). The second-order valence-corrected chi connectivity index (χ2v) is 12.2. The van der Waals surface area contributed by atoms with E-state index in [1.165, 1.54) is 23.1 Å². The number of pyridine rings is 1. The number of hydrogen-bond donors (Lipinski definition) is 0. The molecule has 1 aromatic carbocycles. The summed E-state index contributed by atoms with van der Waals surface area (Å²) in [7, 11) is 3.67. The Kier molecular flexibility index (Phi) is 8.26.